The molecule has 0 fully saturated rings. The smallest absolute Gasteiger partial charge is 0.155 e. The van der Waals surface area contributed by atoms with E-state index in [1.807, 2.05) is 19.9 Å². The minimum atomic E-state index is 0.0763. The third-order valence-corrected chi connectivity index (χ3v) is 3.63. The lowest BCUT2D eigenvalue weighted by molar-refractivity contribution is -0.121. The van der Waals surface area contributed by atoms with E-state index in [-0.39, 0.29) is 12.4 Å². The summed E-state index contributed by atoms with van der Waals surface area (Å²) in [6, 6.07) is 19.0. The van der Waals surface area contributed by atoms with Crippen molar-refractivity contribution in [3.8, 4) is 0 Å². The van der Waals surface area contributed by atoms with Crippen LogP contribution in [-0.2, 0) is 28.8 Å². The van der Waals surface area contributed by atoms with Crippen LogP contribution in [0.1, 0.15) is 37.5 Å². The Morgan fingerprint density at radius 1 is 0.852 bits per heavy atom. The second-order valence-corrected chi connectivity index (χ2v) is 5.73. The van der Waals surface area contributed by atoms with Crippen molar-refractivity contribution < 1.29 is 9.53 Å². The molecule has 2 rings (SSSR count). The summed E-state index contributed by atoms with van der Waals surface area (Å²) in [6.07, 6.45) is 6.22. The molecule has 0 radical (unpaired) electrons. The molecule has 2 aromatic carbocycles. The van der Waals surface area contributed by atoms with Crippen LogP contribution >= 0.6 is 0 Å². The summed E-state index contributed by atoms with van der Waals surface area (Å²) in [5.41, 5.74) is 4.05. The fourth-order valence-corrected chi connectivity index (χ4v) is 2.37. The zero-order chi connectivity index (χ0) is 20.3. The lowest BCUT2D eigenvalue weighted by Crippen LogP contribution is -2.08. The first-order chi connectivity index (χ1) is 13.2. The van der Waals surface area contributed by atoms with Gasteiger partial charge in [0.2, 0.25) is 0 Å². The molecule has 0 unspecified atom stereocenters. The number of hydrogen-bond donors (Lipinski definition) is 0. The number of allylic oxidation sites excluding steroid dienone is 2. The van der Waals surface area contributed by atoms with Crippen molar-refractivity contribution in [1.29, 1.82) is 0 Å². The fraction of sp³-hybridized carbons (Fsp3) is 0.320. The van der Waals surface area contributed by atoms with E-state index in [1.54, 1.807) is 19.1 Å². The van der Waals surface area contributed by atoms with Crippen molar-refractivity contribution >= 4 is 5.78 Å². The monoisotopic (exact) mass is 366 g/mol. The summed E-state index contributed by atoms with van der Waals surface area (Å²) in [6.45, 7) is 13.1. The summed E-state index contributed by atoms with van der Waals surface area (Å²) in [7, 11) is 0. The van der Waals surface area contributed by atoms with E-state index in [2.05, 4.69) is 61.7 Å². The number of rotatable bonds is 9. The number of aryl methyl sites for hydroxylation is 2. The van der Waals surface area contributed by atoms with Gasteiger partial charge in [0, 0.05) is 0 Å². The summed E-state index contributed by atoms with van der Waals surface area (Å²) in [5, 5.41) is 0. The van der Waals surface area contributed by atoms with E-state index >= 15 is 0 Å². The lowest BCUT2D eigenvalue weighted by atomic mass is 9.98. The van der Waals surface area contributed by atoms with E-state index < -0.39 is 0 Å². The number of carbonyl (C=O) groups excluding carboxylic acids is 1. The van der Waals surface area contributed by atoms with Gasteiger partial charge in [-0.1, -0.05) is 93.8 Å². The predicted octanol–water partition coefficient (Wildman–Crippen LogP) is 6.00. The number of hydrogen-bond acceptors (Lipinski definition) is 2. The van der Waals surface area contributed by atoms with Crippen LogP contribution in [0, 0.1) is 0 Å². The van der Waals surface area contributed by atoms with Gasteiger partial charge in [-0.05, 0) is 42.9 Å². The molecule has 0 amide bonds. The van der Waals surface area contributed by atoms with Crippen LogP contribution in [-0.4, -0.2) is 19.0 Å². The van der Waals surface area contributed by atoms with Crippen LogP contribution in [0.15, 0.2) is 79.9 Å². The molecular formula is C25H34O2. The van der Waals surface area contributed by atoms with Gasteiger partial charge in [-0.15, -0.1) is 0 Å². The molecule has 0 heterocycles. The SMILES string of the molecule is C=CC=C.CC.CC(=O)COCCc1ccccc1CCc1ccccc1. The van der Waals surface area contributed by atoms with Gasteiger partial charge in [-0.25, -0.2) is 0 Å². The number of benzene rings is 2. The summed E-state index contributed by atoms with van der Waals surface area (Å²) in [4.78, 5) is 10.9. The Labute approximate surface area is 165 Å². The van der Waals surface area contributed by atoms with Crippen molar-refractivity contribution in [1.82, 2.24) is 0 Å². The Hall–Kier alpha value is -2.45. The zero-order valence-corrected chi connectivity index (χ0v) is 17.1. The first-order valence-electron chi connectivity index (χ1n) is 9.58. The van der Waals surface area contributed by atoms with Crippen molar-refractivity contribution in [3.05, 3.63) is 96.6 Å². The molecule has 0 aliphatic carbocycles. The number of ketones is 1. The van der Waals surface area contributed by atoms with Gasteiger partial charge in [-0.2, -0.15) is 0 Å². The van der Waals surface area contributed by atoms with E-state index in [0.717, 1.165) is 19.3 Å². The minimum absolute atomic E-state index is 0.0763. The molecule has 0 saturated carbocycles. The third-order valence-electron chi connectivity index (χ3n) is 3.63. The normalized spacial score (nSPS) is 9.15. The van der Waals surface area contributed by atoms with Crippen LogP contribution < -0.4 is 0 Å². The van der Waals surface area contributed by atoms with Crippen LogP contribution in [0.25, 0.3) is 0 Å². The molecule has 0 aliphatic heterocycles. The highest BCUT2D eigenvalue weighted by Crippen LogP contribution is 2.13. The van der Waals surface area contributed by atoms with Crippen molar-refractivity contribution in [2.24, 2.45) is 0 Å². The molecular weight excluding hydrogens is 332 g/mol. The van der Waals surface area contributed by atoms with E-state index in [9.17, 15) is 4.79 Å². The van der Waals surface area contributed by atoms with Gasteiger partial charge < -0.3 is 4.74 Å². The molecule has 2 nitrogen and oxygen atoms in total. The van der Waals surface area contributed by atoms with E-state index in [0.29, 0.717) is 6.61 Å². The Kier molecular flexibility index (Phi) is 15.4. The molecule has 27 heavy (non-hydrogen) atoms. The fourth-order valence-electron chi connectivity index (χ4n) is 2.37. The number of ether oxygens (including phenoxy) is 1. The second-order valence-electron chi connectivity index (χ2n) is 5.73. The van der Waals surface area contributed by atoms with Crippen LogP contribution in [0.3, 0.4) is 0 Å². The van der Waals surface area contributed by atoms with Gasteiger partial charge in [0.1, 0.15) is 6.61 Å². The van der Waals surface area contributed by atoms with Gasteiger partial charge in [0.15, 0.2) is 5.78 Å². The largest absolute Gasteiger partial charge is 0.373 e. The molecule has 0 bridgehead atoms. The van der Waals surface area contributed by atoms with Gasteiger partial charge in [0.05, 0.1) is 6.61 Å². The quantitative estimate of drug-likeness (QED) is 0.401. The topological polar surface area (TPSA) is 26.3 Å². The summed E-state index contributed by atoms with van der Waals surface area (Å²) >= 11 is 0. The molecule has 0 aromatic heterocycles. The first kappa shape index (κ1) is 24.6. The van der Waals surface area contributed by atoms with Crippen molar-refractivity contribution in [2.75, 3.05) is 13.2 Å². The Morgan fingerprint density at radius 3 is 1.89 bits per heavy atom. The molecule has 0 atom stereocenters. The van der Waals surface area contributed by atoms with Gasteiger partial charge in [0.25, 0.3) is 0 Å². The highest BCUT2D eigenvalue weighted by Gasteiger charge is 2.03. The lowest BCUT2D eigenvalue weighted by Gasteiger charge is -2.10. The molecule has 0 saturated heterocycles. The molecule has 0 spiro atoms. The molecule has 0 aliphatic rings. The standard InChI is InChI=1S/C19H22O2.C4H6.C2H6/c1-16(20)15-21-14-13-19-10-6-5-9-18(19)12-11-17-7-3-2-4-8-17;1-3-4-2;1-2/h2-10H,11-15H2,1H3;3-4H,1-2H2;1-2H3. The maximum atomic E-state index is 10.9. The minimum Gasteiger partial charge on any atom is -0.373 e. The molecule has 2 heteroatoms. The Morgan fingerprint density at radius 2 is 1.37 bits per heavy atom. The maximum absolute atomic E-state index is 10.9. The van der Waals surface area contributed by atoms with Crippen LogP contribution in [0.4, 0.5) is 0 Å². The summed E-state index contributed by atoms with van der Waals surface area (Å²) < 4.78 is 5.37. The van der Waals surface area contributed by atoms with Crippen LogP contribution in [0.5, 0.6) is 0 Å². The highest BCUT2D eigenvalue weighted by molar-refractivity contribution is 5.76. The maximum Gasteiger partial charge on any atom is 0.155 e. The number of Topliss-reactive ketones (excluding diaryl/α,β-unsaturated/α-hetero) is 1. The Balaban J connectivity index is 0.000000998. The first-order valence-corrected chi connectivity index (χ1v) is 9.58. The third kappa shape index (κ3) is 12.5. The predicted molar refractivity (Wildman–Crippen MR) is 117 cm³/mol. The van der Waals surface area contributed by atoms with E-state index in [1.165, 1.54) is 16.7 Å². The second kappa shape index (κ2) is 17.0. The van der Waals surface area contributed by atoms with E-state index in [4.69, 9.17) is 4.74 Å². The average Bonchev–Trinajstić information content (AvgIpc) is 2.72. The number of carbonyl (C=O) groups is 1. The molecule has 146 valence electrons. The van der Waals surface area contributed by atoms with Gasteiger partial charge >= 0.3 is 0 Å². The molecule has 2 aromatic rings. The van der Waals surface area contributed by atoms with Gasteiger partial charge in [-0.3, -0.25) is 4.79 Å². The van der Waals surface area contributed by atoms with Crippen molar-refractivity contribution in [3.63, 3.8) is 0 Å². The molecule has 0 N–H and O–H groups in total. The highest BCUT2D eigenvalue weighted by atomic mass is 16.5. The Bertz CT molecular complexity index is 638. The van der Waals surface area contributed by atoms with Crippen LogP contribution in [0.2, 0.25) is 0 Å². The average molecular weight is 367 g/mol. The zero-order valence-electron chi connectivity index (χ0n) is 17.1. The van der Waals surface area contributed by atoms with Crippen molar-refractivity contribution in [2.45, 2.75) is 40.0 Å². The summed E-state index contributed by atoms with van der Waals surface area (Å²) in [5.74, 6) is 0.0763.